The van der Waals surface area contributed by atoms with Gasteiger partial charge in [0, 0.05) is 13.0 Å². The Balaban J connectivity index is 1.90. The number of ketones is 1. The third-order valence-electron chi connectivity index (χ3n) is 2.99. The number of carbonyl (C=O) groups excluding carboxylic acids is 1. The van der Waals surface area contributed by atoms with Gasteiger partial charge in [0.25, 0.3) is 0 Å². The van der Waals surface area contributed by atoms with Gasteiger partial charge in [-0.1, -0.05) is 32.1 Å². The van der Waals surface area contributed by atoms with E-state index in [1.54, 1.807) is 6.92 Å². The van der Waals surface area contributed by atoms with Gasteiger partial charge in [-0.25, -0.2) is 0 Å². The fourth-order valence-electron chi connectivity index (χ4n) is 2.04. The number of Topliss-reactive ketones (excluding diaryl/α,β-unsaturated/α-hetero) is 1. The third kappa shape index (κ3) is 5.38. The molecule has 1 aliphatic rings. The average Bonchev–Trinajstić information content (AvgIpc) is 2.18. The molecule has 0 N–H and O–H groups in total. The van der Waals surface area contributed by atoms with Gasteiger partial charge in [-0.05, 0) is 19.3 Å². The van der Waals surface area contributed by atoms with E-state index in [9.17, 15) is 4.79 Å². The summed E-state index contributed by atoms with van der Waals surface area (Å²) in [7, 11) is 0. The highest BCUT2D eigenvalue weighted by Gasteiger charge is 2.12. The normalized spacial score (nSPS) is 18.4. The average molecular weight is 198 g/mol. The minimum absolute atomic E-state index is 0.225. The van der Waals surface area contributed by atoms with E-state index in [2.05, 4.69) is 0 Å². The standard InChI is InChI=1S/C12H22O2/c1-11(13)7-9-14-10-8-12-5-3-2-4-6-12/h12H,2-10H2,1H3. The second-order valence-corrected chi connectivity index (χ2v) is 4.36. The number of rotatable bonds is 6. The molecule has 1 saturated carbocycles. The first kappa shape index (κ1) is 11.7. The topological polar surface area (TPSA) is 26.3 Å². The molecule has 0 heterocycles. The molecule has 1 rings (SSSR count). The van der Waals surface area contributed by atoms with E-state index in [0.717, 1.165) is 12.5 Å². The van der Waals surface area contributed by atoms with Gasteiger partial charge in [0.05, 0.1) is 6.61 Å². The molecule has 0 aromatic carbocycles. The molecular formula is C12H22O2. The Kier molecular flexibility index (Phi) is 5.85. The molecule has 0 aliphatic heterocycles. The Labute approximate surface area is 87.0 Å². The molecule has 0 bridgehead atoms. The van der Waals surface area contributed by atoms with Crippen LogP contribution in [0.5, 0.6) is 0 Å². The van der Waals surface area contributed by atoms with Crippen LogP contribution >= 0.6 is 0 Å². The second-order valence-electron chi connectivity index (χ2n) is 4.36. The fraction of sp³-hybridized carbons (Fsp3) is 0.917. The van der Waals surface area contributed by atoms with Crippen molar-refractivity contribution in [1.29, 1.82) is 0 Å². The van der Waals surface area contributed by atoms with E-state index in [1.807, 2.05) is 0 Å². The molecule has 0 saturated heterocycles. The van der Waals surface area contributed by atoms with Gasteiger partial charge in [-0.15, -0.1) is 0 Å². The molecule has 2 heteroatoms. The summed E-state index contributed by atoms with van der Waals surface area (Å²) >= 11 is 0. The summed E-state index contributed by atoms with van der Waals surface area (Å²) in [6, 6.07) is 0. The molecule has 0 aromatic heterocycles. The van der Waals surface area contributed by atoms with Crippen molar-refractivity contribution in [2.45, 2.75) is 51.9 Å². The van der Waals surface area contributed by atoms with Crippen molar-refractivity contribution in [2.75, 3.05) is 13.2 Å². The summed E-state index contributed by atoms with van der Waals surface area (Å²) < 4.78 is 5.43. The zero-order chi connectivity index (χ0) is 10.2. The molecule has 82 valence electrons. The molecule has 0 aromatic rings. The van der Waals surface area contributed by atoms with Crippen molar-refractivity contribution >= 4 is 5.78 Å². The van der Waals surface area contributed by atoms with E-state index in [4.69, 9.17) is 4.74 Å². The summed E-state index contributed by atoms with van der Waals surface area (Å²) in [5, 5.41) is 0. The number of carbonyl (C=O) groups is 1. The summed E-state index contributed by atoms with van der Waals surface area (Å²) in [6.07, 6.45) is 8.76. The van der Waals surface area contributed by atoms with Gasteiger partial charge < -0.3 is 4.74 Å². The van der Waals surface area contributed by atoms with Crippen molar-refractivity contribution in [3.63, 3.8) is 0 Å². The largest absolute Gasteiger partial charge is 0.381 e. The summed E-state index contributed by atoms with van der Waals surface area (Å²) in [4.78, 5) is 10.6. The highest BCUT2D eigenvalue weighted by atomic mass is 16.5. The van der Waals surface area contributed by atoms with Crippen LogP contribution in [-0.2, 0) is 9.53 Å². The first-order valence-corrected chi connectivity index (χ1v) is 5.86. The Morgan fingerprint density at radius 3 is 2.57 bits per heavy atom. The number of hydrogen-bond donors (Lipinski definition) is 0. The zero-order valence-corrected chi connectivity index (χ0v) is 9.26. The zero-order valence-electron chi connectivity index (χ0n) is 9.26. The minimum atomic E-state index is 0.225. The highest BCUT2D eigenvalue weighted by molar-refractivity contribution is 5.75. The molecule has 1 aliphatic carbocycles. The lowest BCUT2D eigenvalue weighted by Gasteiger charge is -2.21. The second kappa shape index (κ2) is 6.99. The van der Waals surface area contributed by atoms with Crippen LogP contribution in [0.15, 0.2) is 0 Å². The minimum Gasteiger partial charge on any atom is -0.381 e. The van der Waals surface area contributed by atoms with Crippen LogP contribution in [0.2, 0.25) is 0 Å². The van der Waals surface area contributed by atoms with Crippen LogP contribution in [0.25, 0.3) is 0 Å². The molecule has 0 spiro atoms. The van der Waals surface area contributed by atoms with Crippen LogP contribution in [0, 0.1) is 5.92 Å². The van der Waals surface area contributed by atoms with Gasteiger partial charge in [0.2, 0.25) is 0 Å². The molecule has 14 heavy (non-hydrogen) atoms. The molecule has 0 unspecified atom stereocenters. The number of ether oxygens (including phenoxy) is 1. The smallest absolute Gasteiger partial charge is 0.132 e. The van der Waals surface area contributed by atoms with Crippen LogP contribution in [0.3, 0.4) is 0 Å². The third-order valence-corrected chi connectivity index (χ3v) is 2.99. The summed E-state index contributed by atoms with van der Waals surface area (Å²) in [5.41, 5.74) is 0. The monoisotopic (exact) mass is 198 g/mol. The maximum atomic E-state index is 10.6. The Morgan fingerprint density at radius 1 is 1.21 bits per heavy atom. The van der Waals surface area contributed by atoms with Gasteiger partial charge in [0.15, 0.2) is 0 Å². The molecule has 0 atom stereocenters. The van der Waals surface area contributed by atoms with Gasteiger partial charge >= 0.3 is 0 Å². The lowest BCUT2D eigenvalue weighted by molar-refractivity contribution is -0.118. The predicted molar refractivity (Wildman–Crippen MR) is 57.3 cm³/mol. The lowest BCUT2D eigenvalue weighted by Crippen LogP contribution is -2.10. The van der Waals surface area contributed by atoms with Crippen LogP contribution in [0.1, 0.15) is 51.9 Å². The maximum Gasteiger partial charge on any atom is 0.132 e. The molecule has 0 amide bonds. The quantitative estimate of drug-likeness (QED) is 0.613. The fourth-order valence-corrected chi connectivity index (χ4v) is 2.04. The SMILES string of the molecule is CC(=O)CCOCCC1CCCCC1. The molecule has 1 fully saturated rings. The van der Waals surface area contributed by atoms with Crippen molar-refractivity contribution in [1.82, 2.24) is 0 Å². The van der Waals surface area contributed by atoms with E-state index in [0.29, 0.717) is 13.0 Å². The first-order valence-electron chi connectivity index (χ1n) is 5.86. The van der Waals surface area contributed by atoms with E-state index >= 15 is 0 Å². The molecular weight excluding hydrogens is 176 g/mol. The number of hydrogen-bond acceptors (Lipinski definition) is 2. The summed E-state index contributed by atoms with van der Waals surface area (Å²) in [6.45, 7) is 3.07. The first-order chi connectivity index (χ1) is 6.79. The van der Waals surface area contributed by atoms with Crippen LogP contribution in [0.4, 0.5) is 0 Å². The highest BCUT2D eigenvalue weighted by Crippen LogP contribution is 2.25. The van der Waals surface area contributed by atoms with Crippen molar-refractivity contribution in [2.24, 2.45) is 5.92 Å². The van der Waals surface area contributed by atoms with Crippen LogP contribution in [-0.4, -0.2) is 19.0 Å². The van der Waals surface area contributed by atoms with Crippen molar-refractivity contribution in [3.8, 4) is 0 Å². The van der Waals surface area contributed by atoms with Crippen molar-refractivity contribution < 1.29 is 9.53 Å². The predicted octanol–water partition coefficient (Wildman–Crippen LogP) is 2.95. The van der Waals surface area contributed by atoms with Crippen LogP contribution < -0.4 is 0 Å². The Hall–Kier alpha value is -0.370. The van der Waals surface area contributed by atoms with E-state index in [-0.39, 0.29) is 5.78 Å². The molecule has 0 radical (unpaired) electrons. The van der Waals surface area contributed by atoms with Gasteiger partial charge in [0.1, 0.15) is 5.78 Å². The maximum absolute atomic E-state index is 10.6. The van der Waals surface area contributed by atoms with Gasteiger partial charge in [-0.2, -0.15) is 0 Å². The van der Waals surface area contributed by atoms with E-state index in [1.165, 1.54) is 38.5 Å². The molecule has 2 nitrogen and oxygen atoms in total. The lowest BCUT2D eigenvalue weighted by atomic mass is 9.87. The van der Waals surface area contributed by atoms with Gasteiger partial charge in [-0.3, -0.25) is 4.79 Å². The van der Waals surface area contributed by atoms with E-state index < -0.39 is 0 Å². The van der Waals surface area contributed by atoms with Crippen molar-refractivity contribution in [3.05, 3.63) is 0 Å². The Bertz CT molecular complexity index is 160. The Morgan fingerprint density at radius 2 is 1.93 bits per heavy atom. The summed E-state index contributed by atoms with van der Waals surface area (Å²) in [5.74, 6) is 1.11.